The minimum absolute atomic E-state index is 0.165. The topological polar surface area (TPSA) is 67.2 Å². The number of ether oxygens (including phenoxy) is 1. The van der Waals surface area contributed by atoms with Gasteiger partial charge in [-0.3, -0.25) is 9.59 Å². The van der Waals surface area contributed by atoms with Gasteiger partial charge in [0.1, 0.15) is 0 Å². The first kappa shape index (κ1) is 16.4. The summed E-state index contributed by atoms with van der Waals surface area (Å²) in [5.74, 6) is -3.00. The average molecular weight is 307 g/mol. The first-order valence-corrected chi connectivity index (χ1v) is 7.39. The standard InChI is InChI=1S/C19H17NO3/c1-2-23-19(22)16(13-20)17(14-9-5-3-6-10-14)18(21)15-11-7-4-8-12-15/h3-12,16-17H,2H2,1H3. The lowest BCUT2D eigenvalue weighted by molar-refractivity contribution is -0.146. The summed E-state index contributed by atoms with van der Waals surface area (Å²) in [5, 5.41) is 9.45. The van der Waals surface area contributed by atoms with Crippen LogP contribution in [0.1, 0.15) is 28.8 Å². The molecule has 0 bridgehead atoms. The van der Waals surface area contributed by atoms with E-state index in [1.807, 2.05) is 12.1 Å². The highest BCUT2D eigenvalue weighted by molar-refractivity contribution is 6.03. The molecular weight excluding hydrogens is 290 g/mol. The fraction of sp³-hybridized carbons (Fsp3) is 0.211. The fourth-order valence-corrected chi connectivity index (χ4v) is 2.43. The highest BCUT2D eigenvalue weighted by atomic mass is 16.5. The lowest BCUT2D eigenvalue weighted by Crippen LogP contribution is -2.29. The summed E-state index contributed by atoms with van der Waals surface area (Å²) in [7, 11) is 0. The molecule has 0 spiro atoms. The zero-order valence-electron chi connectivity index (χ0n) is 12.8. The number of nitrogens with zero attached hydrogens (tertiary/aromatic N) is 1. The SMILES string of the molecule is CCOC(=O)C(C#N)C(C(=O)c1ccccc1)c1ccccc1. The molecule has 23 heavy (non-hydrogen) atoms. The van der Waals surface area contributed by atoms with Gasteiger partial charge < -0.3 is 4.74 Å². The molecule has 2 aromatic carbocycles. The number of Topliss-reactive ketones (excluding diaryl/α,β-unsaturated/α-hetero) is 1. The second kappa shape index (κ2) is 7.90. The number of benzene rings is 2. The van der Waals surface area contributed by atoms with Crippen LogP contribution in [0.4, 0.5) is 0 Å². The minimum atomic E-state index is -1.18. The van der Waals surface area contributed by atoms with E-state index in [2.05, 4.69) is 0 Å². The third-order valence-corrected chi connectivity index (χ3v) is 3.51. The number of hydrogen-bond donors (Lipinski definition) is 0. The van der Waals surface area contributed by atoms with Gasteiger partial charge in [-0.25, -0.2) is 0 Å². The maximum absolute atomic E-state index is 12.9. The van der Waals surface area contributed by atoms with Crippen LogP contribution in [0.5, 0.6) is 0 Å². The molecule has 0 amide bonds. The van der Waals surface area contributed by atoms with Crippen LogP contribution in [0.15, 0.2) is 60.7 Å². The molecule has 4 nitrogen and oxygen atoms in total. The average Bonchev–Trinajstić information content (AvgIpc) is 2.60. The molecule has 2 unspecified atom stereocenters. The van der Waals surface area contributed by atoms with E-state index in [0.717, 1.165) is 0 Å². The van der Waals surface area contributed by atoms with Crippen molar-refractivity contribution in [2.24, 2.45) is 5.92 Å². The third-order valence-electron chi connectivity index (χ3n) is 3.51. The quantitative estimate of drug-likeness (QED) is 0.606. The molecule has 0 saturated carbocycles. The number of nitriles is 1. The smallest absolute Gasteiger partial charge is 0.324 e. The van der Waals surface area contributed by atoms with Gasteiger partial charge >= 0.3 is 5.97 Å². The molecule has 2 aromatic rings. The molecule has 4 heteroatoms. The van der Waals surface area contributed by atoms with E-state index in [1.165, 1.54) is 0 Å². The highest BCUT2D eigenvalue weighted by Crippen LogP contribution is 2.29. The Balaban J connectivity index is 2.46. The van der Waals surface area contributed by atoms with Crippen molar-refractivity contribution in [1.82, 2.24) is 0 Å². The minimum Gasteiger partial charge on any atom is -0.465 e. The number of hydrogen-bond acceptors (Lipinski definition) is 4. The van der Waals surface area contributed by atoms with E-state index in [9.17, 15) is 14.9 Å². The zero-order valence-corrected chi connectivity index (χ0v) is 12.8. The van der Waals surface area contributed by atoms with Crippen molar-refractivity contribution >= 4 is 11.8 Å². The second-order valence-corrected chi connectivity index (χ2v) is 4.98. The second-order valence-electron chi connectivity index (χ2n) is 4.98. The summed E-state index contributed by atoms with van der Waals surface area (Å²) >= 11 is 0. The summed E-state index contributed by atoms with van der Waals surface area (Å²) in [6.45, 7) is 1.83. The Labute approximate surface area is 135 Å². The fourth-order valence-electron chi connectivity index (χ4n) is 2.43. The summed E-state index contributed by atoms with van der Waals surface area (Å²) in [4.78, 5) is 25.0. The predicted molar refractivity (Wildman–Crippen MR) is 85.7 cm³/mol. The first-order valence-electron chi connectivity index (χ1n) is 7.39. The monoisotopic (exact) mass is 307 g/mol. The van der Waals surface area contributed by atoms with Gasteiger partial charge in [-0.1, -0.05) is 60.7 Å². The Kier molecular flexibility index (Phi) is 5.65. The van der Waals surface area contributed by atoms with Crippen LogP contribution in [0.2, 0.25) is 0 Å². The van der Waals surface area contributed by atoms with Gasteiger partial charge in [0, 0.05) is 5.56 Å². The van der Waals surface area contributed by atoms with Gasteiger partial charge in [0.15, 0.2) is 11.7 Å². The maximum atomic E-state index is 12.9. The lowest BCUT2D eigenvalue weighted by atomic mass is 9.81. The molecule has 0 heterocycles. The van der Waals surface area contributed by atoms with E-state index in [1.54, 1.807) is 61.5 Å². The van der Waals surface area contributed by atoms with E-state index in [4.69, 9.17) is 4.74 Å². The summed E-state index contributed by atoms with van der Waals surface area (Å²) in [5.41, 5.74) is 1.09. The van der Waals surface area contributed by atoms with Crippen molar-refractivity contribution in [1.29, 1.82) is 5.26 Å². The van der Waals surface area contributed by atoms with Crippen LogP contribution < -0.4 is 0 Å². The van der Waals surface area contributed by atoms with E-state index in [-0.39, 0.29) is 12.4 Å². The van der Waals surface area contributed by atoms with Crippen molar-refractivity contribution in [2.75, 3.05) is 6.61 Å². The molecule has 2 rings (SSSR count). The number of esters is 1. The lowest BCUT2D eigenvalue weighted by Gasteiger charge is -2.20. The van der Waals surface area contributed by atoms with Crippen molar-refractivity contribution in [2.45, 2.75) is 12.8 Å². The van der Waals surface area contributed by atoms with Crippen molar-refractivity contribution in [3.63, 3.8) is 0 Å². The Morgan fingerprint density at radius 1 is 1.04 bits per heavy atom. The molecule has 0 aliphatic rings. The van der Waals surface area contributed by atoms with E-state index >= 15 is 0 Å². The van der Waals surface area contributed by atoms with Gasteiger partial charge in [-0.05, 0) is 12.5 Å². The van der Waals surface area contributed by atoms with Gasteiger partial charge in [0.05, 0.1) is 18.6 Å². The molecule has 0 radical (unpaired) electrons. The Morgan fingerprint density at radius 2 is 1.61 bits per heavy atom. The first-order chi connectivity index (χ1) is 11.2. The van der Waals surface area contributed by atoms with Crippen molar-refractivity contribution in [3.8, 4) is 6.07 Å². The van der Waals surface area contributed by atoms with Crippen LogP contribution in [-0.4, -0.2) is 18.4 Å². The Bertz CT molecular complexity index is 704. The van der Waals surface area contributed by atoms with Crippen LogP contribution in [0.3, 0.4) is 0 Å². The number of ketones is 1. The number of carbonyl (C=O) groups excluding carboxylic acids is 2. The van der Waals surface area contributed by atoms with Crippen LogP contribution in [0, 0.1) is 17.2 Å². The number of rotatable bonds is 6. The van der Waals surface area contributed by atoms with Crippen LogP contribution in [0.25, 0.3) is 0 Å². The molecule has 0 N–H and O–H groups in total. The molecule has 2 atom stereocenters. The molecule has 116 valence electrons. The highest BCUT2D eigenvalue weighted by Gasteiger charge is 2.36. The summed E-state index contributed by atoms with van der Waals surface area (Å²) < 4.78 is 4.97. The molecule has 0 aliphatic carbocycles. The van der Waals surface area contributed by atoms with Crippen LogP contribution in [-0.2, 0) is 9.53 Å². The molecule has 0 aliphatic heterocycles. The van der Waals surface area contributed by atoms with Gasteiger partial charge in [0.2, 0.25) is 0 Å². The van der Waals surface area contributed by atoms with Crippen molar-refractivity contribution < 1.29 is 14.3 Å². The molecule has 0 aromatic heterocycles. The maximum Gasteiger partial charge on any atom is 0.324 e. The normalized spacial score (nSPS) is 12.7. The zero-order chi connectivity index (χ0) is 16.7. The van der Waals surface area contributed by atoms with E-state index in [0.29, 0.717) is 11.1 Å². The number of carbonyl (C=O) groups is 2. The largest absolute Gasteiger partial charge is 0.465 e. The van der Waals surface area contributed by atoms with Gasteiger partial charge in [0.25, 0.3) is 0 Å². The summed E-state index contributed by atoms with van der Waals surface area (Å²) in [6.07, 6.45) is 0. The Morgan fingerprint density at radius 3 is 2.13 bits per heavy atom. The van der Waals surface area contributed by atoms with Crippen LogP contribution >= 0.6 is 0 Å². The third kappa shape index (κ3) is 3.83. The molecular formula is C19H17NO3. The molecule has 0 fully saturated rings. The van der Waals surface area contributed by atoms with E-state index < -0.39 is 17.8 Å². The molecule has 0 saturated heterocycles. The van der Waals surface area contributed by atoms with Crippen molar-refractivity contribution in [3.05, 3.63) is 71.8 Å². The Hall–Kier alpha value is -2.93. The summed E-state index contributed by atoms with van der Waals surface area (Å²) in [6, 6.07) is 19.5. The van der Waals surface area contributed by atoms with Gasteiger partial charge in [-0.2, -0.15) is 5.26 Å². The predicted octanol–water partition coefficient (Wildman–Crippen LogP) is 3.36. The van der Waals surface area contributed by atoms with Gasteiger partial charge in [-0.15, -0.1) is 0 Å².